The standard InChI is InChI=1S/C11H14N2O2S2/c12-5-6-16-7-8-17(14,15)11-3-1-10(9-13)2-4-11/h1-4H,5-8,12H2. The minimum atomic E-state index is -3.24. The Kier molecular flexibility index (Phi) is 5.48. The first-order valence-corrected chi connectivity index (χ1v) is 7.91. The molecule has 0 spiro atoms. The Morgan fingerprint density at radius 3 is 2.41 bits per heavy atom. The second-order valence-corrected chi connectivity index (χ2v) is 6.69. The van der Waals surface area contributed by atoms with Gasteiger partial charge in [0.05, 0.1) is 22.3 Å². The van der Waals surface area contributed by atoms with Gasteiger partial charge in [0.15, 0.2) is 9.84 Å². The first-order chi connectivity index (χ1) is 8.10. The quantitative estimate of drug-likeness (QED) is 0.780. The molecule has 0 bridgehead atoms. The zero-order valence-corrected chi connectivity index (χ0v) is 10.9. The first kappa shape index (κ1) is 14.0. The summed E-state index contributed by atoms with van der Waals surface area (Å²) in [6.07, 6.45) is 0. The van der Waals surface area contributed by atoms with E-state index in [1.165, 1.54) is 36.0 Å². The van der Waals surface area contributed by atoms with Crippen molar-refractivity contribution in [2.75, 3.05) is 23.8 Å². The van der Waals surface area contributed by atoms with Crippen molar-refractivity contribution in [2.45, 2.75) is 4.90 Å². The number of nitrogens with two attached hydrogens (primary N) is 1. The monoisotopic (exact) mass is 270 g/mol. The molecule has 0 heterocycles. The summed E-state index contributed by atoms with van der Waals surface area (Å²) in [6, 6.07) is 7.93. The highest BCUT2D eigenvalue weighted by atomic mass is 32.2. The summed E-state index contributed by atoms with van der Waals surface area (Å²) in [6.45, 7) is 0.557. The van der Waals surface area contributed by atoms with E-state index in [2.05, 4.69) is 0 Å². The fourth-order valence-electron chi connectivity index (χ4n) is 1.21. The lowest BCUT2D eigenvalue weighted by atomic mass is 10.2. The minimum absolute atomic E-state index is 0.101. The average molecular weight is 270 g/mol. The third-order valence-corrected chi connectivity index (χ3v) is 5.11. The van der Waals surface area contributed by atoms with E-state index in [1.807, 2.05) is 6.07 Å². The normalized spacial score (nSPS) is 11.1. The van der Waals surface area contributed by atoms with Crippen molar-refractivity contribution in [3.05, 3.63) is 29.8 Å². The first-order valence-electron chi connectivity index (χ1n) is 5.11. The summed E-state index contributed by atoms with van der Waals surface area (Å²) >= 11 is 1.53. The van der Waals surface area contributed by atoms with Crippen LogP contribution in [0.5, 0.6) is 0 Å². The van der Waals surface area contributed by atoms with Crippen molar-refractivity contribution in [1.82, 2.24) is 0 Å². The zero-order chi connectivity index (χ0) is 12.7. The summed E-state index contributed by atoms with van der Waals surface area (Å²) < 4.78 is 23.7. The Morgan fingerprint density at radius 1 is 1.24 bits per heavy atom. The summed E-state index contributed by atoms with van der Waals surface area (Å²) in [5.74, 6) is 1.41. The van der Waals surface area contributed by atoms with Crippen LogP contribution in [0.25, 0.3) is 0 Å². The van der Waals surface area contributed by atoms with Crippen LogP contribution in [0.15, 0.2) is 29.2 Å². The second-order valence-electron chi connectivity index (χ2n) is 3.36. The van der Waals surface area contributed by atoms with Gasteiger partial charge in [-0.2, -0.15) is 17.0 Å². The van der Waals surface area contributed by atoms with Crippen LogP contribution in [0.2, 0.25) is 0 Å². The maximum absolute atomic E-state index is 11.9. The van der Waals surface area contributed by atoms with E-state index in [9.17, 15) is 8.42 Å². The van der Waals surface area contributed by atoms with Crippen LogP contribution in [0.3, 0.4) is 0 Å². The number of thioether (sulfide) groups is 1. The molecule has 92 valence electrons. The predicted octanol–water partition coefficient (Wildman–Crippen LogP) is 1.02. The van der Waals surface area contributed by atoms with Gasteiger partial charge in [0.1, 0.15) is 0 Å². The molecule has 0 saturated carbocycles. The number of nitrogens with zero attached hydrogens (tertiary/aromatic N) is 1. The second kappa shape index (κ2) is 6.64. The van der Waals surface area contributed by atoms with Crippen LogP contribution in [0, 0.1) is 11.3 Å². The lowest BCUT2D eigenvalue weighted by Crippen LogP contribution is -2.10. The van der Waals surface area contributed by atoms with Gasteiger partial charge in [0.2, 0.25) is 0 Å². The van der Waals surface area contributed by atoms with Gasteiger partial charge >= 0.3 is 0 Å². The molecule has 0 aliphatic carbocycles. The molecular weight excluding hydrogens is 256 g/mol. The number of hydrogen-bond acceptors (Lipinski definition) is 5. The van der Waals surface area contributed by atoms with E-state index in [1.54, 1.807) is 0 Å². The molecule has 0 fully saturated rings. The molecule has 0 amide bonds. The molecule has 2 N–H and O–H groups in total. The largest absolute Gasteiger partial charge is 0.330 e. The molecule has 17 heavy (non-hydrogen) atoms. The van der Waals surface area contributed by atoms with Crippen LogP contribution < -0.4 is 5.73 Å². The Morgan fingerprint density at radius 2 is 1.88 bits per heavy atom. The average Bonchev–Trinajstić information content (AvgIpc) is 2.35. The molecule has 1 rings (SSSR count). The number of nitriles is 1. The SMILES string of the molecule is N#Cc1ccc(S(=O)(=O)CCSCCN)cc1. The number of sulfone groups is 1. The third-order valence-electron chi connectivity index (χ3n) is 2.10. The van der Waals surface area contributed by atoms with E-state index >= 15 is 0 Å². The molecule has 1 aromatic rings. The summed E-state index contributed by atoms with van der Waals surface area (Å²) in [7, 11) is -3.24. The van der Waals surface area contributed by atoms with Gasteiger partial charge in [0, 0.05) is 18.1 Å². The van der Waals surface area contributed by atoms with E-state index in [0.29, 0.717) is 17.9 Å². The van der Waals surface area contributed by atoms with Crippen LogP contribution in [-0.2, 0) is 9.84 Å². The number of hydrogen-bond donors (Lipinski definition) is 1. The highest BCUT2D eigenvalue weighted by molar-refractivity contribution is 8.00. The predicted molar refractivity (Wildman–Crippen MR) is 69.6 cm³/mol. The summed E-state index contributed by atoms with van der Waals surface area (Å²) in [4.78, 5) is 0.268. The van der Waals surface area contributed by atoms with E-state index in [-0.39, 0.29) is 10.6 Å². The van der Waals surface area contributed by atoms with Crippen molar-refractivity contribution in [2.24, 2.45) is 5.73 Å². The van der Waals surface area contributed by atoms with Gasteiger partial charge in [-0.3, -0.25) is 0 Å². The number of benzene rings is 1. The Labute approximate surface area is 106 Å². The summed E-state index contributed by atoms with van der Waals surface area (Å²) in [5.41, 5.74) is 5.78. The van der Waals surface area contributed by atoms with Crippen LogP contribution >= 0.6 is 11.8 Å². The Bertz CT molecular complexity index is 489. The van der Waals surface area contributed by atoms with Crippen molar-refractivity contribution < 1.29 is 8.42 Å². The smallest absolute Gasteiger partial charge is 0.179 e. The van der Waals surface area contributed by atoms with Crippen LogP contribution in [0.1, 0.15) is 5.56 Å². The molecular formula is C11H14N2O2S2. The van der Waals surface area contributed by atoms with Gasteiger partial charge < -0.3 is 5.73 Å². The third kappa shape index (κ3) is 4.38. The van der Waals surface area contributed by atoms with Crippen molar-refractivity contribution in [1.29, 1.82) is 5.26 Å². The lowest BCUT2D eigenvalue weighted by molar-refractivity contribution is 0.597. The molecule has 0 aliphatic heterocycles. The maximum Gasteiger partial charge on any atom is 0.179 e. The molecule has 0 unspecified atom stereocenters. The summed E-state index contributed by atoms with van der Waals surface area (Å²) in [5, 5.41) is 8.62. The van der Waals surface area contributed by atoms with Crippen molar-refractivity contribution in [3.63, 3.8) is 0 Å². The topological polar surface area (TPSA) is 84.0 Å². The van der Waals surface area contributed by atoms with Gasteiger partial charge in [-0.05, 0) is 24.3 Å². The van der Waals surface area contributed by atoms with Crippen molar-refractivity contribution in [3.8, 4) is 6.07 Å². The van der Waals surface area contributed by atoms with Gasteiger partial charge in [-0.15, -0.1) is 0 Å². The molecule has 0 aromatic heterocycles. The van der Waals surface area contributed by atoms with Crippen LogP contribution in [-0.4, -0.2) is 32.2 Å². The molecule has 6 heteroatoms. The lowest BCUT2D eigenvalue weighted by Gasteiger charge is -2.04. The number of rotatable bonds is 6. The Balaban J connectivity index is 2.66. The van der Waals surface area contributed by atoms with Crippen molar-refractivity contribution >= 4 is 21.6 Å². The fraction of sp³-hybridized carbons (Fsp3) is 0.364. The Hall–Kier alpha value is -1.03. The highest BCUT2D eigenvalue weighted by Gasteiger charge is 2.13. The van der Waals surface area contributed by atoms with E-state index in [0.717, 1.165) is 5.75 Å². The molecule has 4 nitrogen and oxygen atoms in total. The van der Waals surface area contributed by atoms with Crippen LogP contribution in [0.4, 0.5) is 0 Å². The fourth-order valence-corrected chi connectivity index (χ4v) is 3.72. The van der Waals surface area contributed by atoms with Gasteiger partial charge in [-0.25, -0.2) is 8.42 Å². The minimum Gasteiger partial charge on any atom is -0.330 e. The van der Waals surface area contributed by atoms with Gasteiger partial charge in [-0.1, -0.05) is 0 Å². The molecule has 0 atom stereocenters. The highest BCUT2D eigenvalue weighted by Crippen LogP contribution is 2.13. The maximum atomic E-state index is 11.9. The van der Waals surface area contributed by atoms with E-state index < -0.39 is 9.84 Å². The van der Waals surface area contributed by atoms with E-state index in [4.69, 9.17) is 11.0 Å². The molecule has 0 saturated heterocycles. The van der Waals surface area contributed by atoms with Gasteiger partial charge in [0.25, 0.3) is 0 Å². The molecule has 0 aliphatic rings. The zero-order valence-electron chi connectivity index (χ0n) is 9.30. The molecule has 0 radical (unpaired) electrons. The molecule has 1 aromatic carbocycles.